The van der Waals surface area contributed by atoms with E-state index in [0.717, 1.165) is 0 Å². The number of rotatable bonds is 3. The van der Waals surface area contributed by atoms with Crippen LogP contribution in [0, 0.1) is 0 Å². The minimum atomic E-state index is -0.314. The summed E-state index contributed by atoms with van der Waals surface area (Å²) in [6, 6.07) is 0. The number of hydrogen-bond acceptors (Lipinski definition) is 5. The Balaban J connectivity index is 2.25. The molecule has 1 aliphatic rings. The highest BCUT2D eigenvalue weighted by atomic mass is 16.5. The van der Waals surface area contributed by atoms with Crippen molar-refractivity contribution in [3.05, 3.63) is 0 Å². The molecule has 0 N–H and O–H groups in total. The zero-order valence-corrected chi connectivity index (χ0v) is 7.74. The van der Waals surface area contributed by atoms with E-state index in [9.17, 15) is 9.59 Å². The molecule has 0 fully saturated rings. The molecule has 0 unspecified atom stereocenters. The second-order valence-corrected chi connectivity index (χ2v) is 2.84. The highest BCUT2D eigenvalue weighted by Gasteiger charge is 2.19. The molecule has 1 aliphatic heterocycles. The average Bonchev–Trinajstić information content (AvgIpc) is 2.30. The van der Waals surface area contributed by atoms with Crippen LogP contribution in [0.3, 0.4) is 0 Å². The van der Waals surface area contributed by atoms with Gasteiger partial charge in [-0.1, -0.05) is 0 Å². The summed E-state index contributed by atoms with van der Waals surface area (Å²) in [5.41, 5.74) is 0.517. The first-order chi connectivity index (χ1) is 6.09. The summed E-state index contributed by atoms with van der Waals surface area (Å²) in [6.45, 7) is 4.08. The molecule has 0 aromatic carbocycles. The van der Waals surface area contributed by atoms with Gasteiger partial charge in [0, 0.05) is 6.92 Å². The van der Waals surface area contributed by atoms with Crippen LogP contribution in [-0.4, -0.2) is 42.2 Å². The fourth-order valence-electron chi connectivity index (χ4n) is 1.01. The van der Waals surface area contributed by atoms with Crippen LogP contribution in [0.15, 0.2) is 5.10 Å². The molecule has 5 heteroatoms. The number of ketones is 1. The topological polar surface area (TPSA) is 59.0 Å². The lowest BCUT2D eigenvalue weighted by atomic mass is 10.3. The maximum atomic E-state index is 11.0. The first-order valence-corrected chi connectivity index (χ1v) is 4.06. The van der Waals surface area contributed by atoms with Gasteiger partial charge in [0.15, 0.2) is 5.78 Å². The number of Topliss-reactive ketones (excluding diaryl/α,β-unsaturated/α-hetero) is 1. The van der Waals surface area contributed by atoms with E-state index in [-0.39, 0.29) is 18.4 Å². The van der Waals surface area contributed by atoms with Crippen LogP contribution in [0.1, 0.15) is 13.8 Å². The summed E-state index contributed by atoms with van der Waals surface area (Å²) in [7, 11) is 0. The summed E-state index contributed by atoms with van der Waals surface area (Å²) in [6.07, 6.45) is 0. The molecule has 13 heavy (non-hydrogen) atoms. The van der Waals surface area contributed by atoms with Gasteiger partial charge in [0.2, 0.25) is 0 Å². The molecule has 0 atom stereocenters. The Morgan fingerprint density at radius 1 is 1.69 bits per heavy atom. The highest BCUT2D eigenvalue weighted by Crippen LogP contribution is 2.01. The Kier molecular flexibility index (Phi) is 3.00. The largest absolute Gasteiger partial charge is 0.464 e. The molecule has 0 bridgehead atoms. The van der Waals surface area contributed by atoms with Crippen molar-refractivity contribution < 1.29 is 14.3 Å². The molecule has 0 radical (unpaired) electrons. The van der Waals surface area contributed by atoms with E-state index in [0.29, 0.717) is 18.8 Å². The second-order valence-electron chi connectivity index (χ2n) is 2.84. The average molecular weight is 184 g/mol. The van der Waals surface area contributed by atoms with Gasteiger partial charge >= 0.3 is 5.97 Å². The maximum absolute atomic E-state index is 11.0. The molecule has 0 saturated heterocycles. The smallest absolute Gasteiger partial charge is 0.302 e. The fraction of sp³-hybridized carbons (Fsp3) is 0.625. The van der Waals surface area contributed by atoms with Crippen molar-refractivity contribution >= 4 is 17.5 Å². The molecular weight excluding hydrogens is 172 g/mol. The predicted molar refractivity (Wildman–Crippen MR) is 46.3 cm³/mol. The molecule has 1 rings (SSSR count). The maximum Gasteiger partial charge on any atom is 0.302 e. The number of carbonyl (C=O) groups excluding carboxylic acids is 2. The van der Waals surface area contributed by atoms with Crippen LogP contribution in [0.4, 0.5) is 0 Å². The van der Waals surface area contributed by atoms with Gasteiger partial charge in [-0.15, -0.1) is 0 Å². The molecular formula is C8H12N2O3. The summed E-state index contributed by atoms with van der Waals surface area (Å²) >= 11 is 0. The number of ether oxygens (including phenoxy) is 1. The summed E-state index contributed by atoms with van der Waals surface area (Å²) in [4.78, 5) is 21.4. The van der Waals surface area contributed by atoms with Gasteiger partial charge in [0.25, 0.3) is 0 Å². The Hall–Kier alpha value is -1.39. The Bertz CT molecular complexity index is 260. The molecule has 0 aliphatic carbocycles. The Morgan fingerprint density at radius 2 is 2.38 bits per heavy atom. The zero-order chi connectivity index (χ0) is 9.84. The van der Waals surface area contributed by atoms with Crippen LogP contribution in [0.5, 0.6) is 0 Å². The lowest BCUT2D eigenvalue weighted by molar-refractivity contribution is -0.141. The van der Waals surface area contributed by atoms with Crippen LogP contribution in [0.25, 0.3) is 0 Å². The third-order valence-electron chi connectivity index (χ3n) is 1.68. The van der Waals surface area contributed by atoms with Crippen molar-refractivity contribution in [3.63, 3.8) is 0 Å². The van der Waals surface area contributed by atoms with E-state index in [4.69, 9.17) is 4.74 Å². The van der Waals surface area contributed by atoms with Gasteiger partial charge in [0.05, 0.1) is 6.54 Å². The zero-order valence-electron chi connectivity index (χ0n) is 7.74. The molecule has 5 nitrogen and oxygen atoms in total. The van der Waals surface area contributed by atoms with Crippen molar-refractivity contribution in [2.45, 2.75) is 13.8 Å². The van der Waals surface area contributed by atoms with Gasteiger partial charge in [0.1, 0.15) is 18.9 Å². The van der Waals surface area contributed by atoms with Gasteiger partial charge in [-0.25, -0.2) is 0 Å². The first-order valence-electron chi connectivity index (χ1n) is 4.06. The summed E-state index contributed by atoms with van der Waals surface area (Å²) < 4.78 is 4.71. The number of hydrogen-bond donors (Lipinski definition) is 0. The van der Waals surface area contributed by atoms with E-state index in [1.165, 1.54) is 6.92 Å². The standard InChI is InChI=1S/C8H12N2O3/c1-6-8(12)5-10(9-6)3-4-13-7(2)11/h3-5H2,1-2H3. The molecule has 0 aromatic heterocycles. The molecule has 0 spiro atoms. The van der Waals surface area contributed by atoms with Crippen LogP contribution in [-0.2, 0) is 14.3 Å². The van der Waals surface area contributed by atoms with E-state index < -0.39 is 0 Å². The van der Waals surface area contributed by atoms with E-state index in [1.807, 2.05) is 0 Å². The van der Waals surface area contributed by atoms with E-state index in [1.54, 1.807) is 11.9 Å². The van der Waals surface area contributed by atoms with Crippen molar-refractivity contribution in [2.75, 3.05) is 19.7 Å². The summed E-state index contributed by atoms with van der Waals surface area (Å²) in [5.74, 6) is -0.283. The number of hydrazone groups is 1. The number of nitrogens with zero attached hydrogens (tertiary/aromatic N) is 2. The van der Waals surface area contributed by atoms with Gasteiger partial charge < -0.3 is 4.74 Å². The SMILES string of the molecule is CC(=O)OCCN1CC(=O)C(C)=N1. The first kappa shape index (κ1) is 9.70. The van der Waals surface area contributed by atoms with Crippen LogP contribution < -0.4 is 0 Å². The number of esters is 1. The minimum Gasteiger partial charge on any atom is -0.464 e. The van der Waals surface area contributed by atoms with Crippen LogP contribution in [0.2, 0.25) is 0 Å². The van der Waals surface area contributed by atoms with Crippen molar-refractivity contribution in [1.82, 2.24) is 5.01 Å². The van der Waals surface area contributed by atoms with Crippen molar-refractivity contribution in [3.8, 4) is 0 Å². The molecule has 72 valence electrons. The lowest BCUT2D eigenvalue weighted by Gasteiger charge is -2.11. The Labute approximate surface area is 76.3 Å². The molecule has 0 amide bonds. The van der Waals surface area contributed by atoms with Gasteiger partial charge in [-0.3, -0.25) is 14.6 Å². The van der Waals surface area contributed by atoms with Gasteiger partial charge in [-0.2, -0.15) is 5.10 Å². The normalized spacial score (nSPS) is 16.0. The van der Waals surface area contributed by atoms with E-state index in [2.05, 4.69) is 5.10 Å². The number of carbonyl (C=O) groups is 2. The fourth-order valence-corrected chi connectivity index (χ4v) is 1.01. The second kappa shape index (κ2) is 4.02. The minimum absolute atomic E-state index is 0.0304. The third-order valence-corrected chi connectivity index (χ3v) is 1.68. The van der Waals surface area contributed by atoms with E-state index >= 15 is 0 Å². The monoisotopic (exact) mass is 184 g/mol. The predicted octanol–water partition coefficient (Wildman–Crippen LogP) is -0.190. The van der Waals surface area contributed by atoms with Crippen molar-refractivity contribution in [2.24, 2.45) is 5.10 Å². The molecule has 0 aromatic rings. The summed E-state index contributed by atoms with van der Waals surface area (Å²) in [5, 5.41) is 5.57. The highest BCUT2D eigenvalue weighted by molar-refractivity contribution is 6.40. The Morgan fingerprint density at radius 3 is 2.85 bits per heavy atom. The lowest BCUT2D eigenvalue weighted by Crippen LogP contribution is -2.23. The van der Waals surface area contributed by atoms with Crippen molar-refractivity contribution in [1.29, 1.82) is 0 Å². The molecule has 1 heterocycles. The van der Waals surface area contributed by atoms with Gasteiger partial charge in [-0.05, 0) is 6.92 Å². The van der Waals surface area contributed by atoms with Crippen LogP contribution >= 0.6 is 0 Å². The quantitative estimate of drug-likeness (QED) is 0.570. The third kappa shape index (κ3) is 2.85. The molecule has 0 saturated carbocycles.